The summed E-state index contributed by atoms with van der Waals surface area (Å²) in [5.41, 5.74) is 6.06. The minimum Gasteiger partial charge on any atom is -0.385 e. The third-order valence-electron chi connectivity index (χ3n) is 3.91. The number of hydrogen-bond donors (Lipinski definition) is 1. The summed E-state index contributed by atoms with van der Waals surface area (Å²) in [7, 11) is 1.76. The maximum atomic E-state index is 5.92. The Bertz CT molecular complexity index is 186. The molecule has 1 rings (SSSR count). The Hall–Kier alpha value is -0.120. The van der Waals surface area contributed by atoms with E-state index in [2.05, 4.69) is 18.7 Å². The molecule has 1 heterocycles. The summed E-state index contributed by atoms with van der Waals surface area (Å²) < 4.78 is 5.17. The van der Waals surface area contributed by atoms with Gasteiger partial charge in [-0.3, -0.25) is 4.90 Å². The van der Waals surface area contributed by atoms with E-state index in [-0.39, 0.29) is 5.54 Å². The summed E-state index contributed by atoms with van der Waals surface area (Å²) >= 11 is 0. The molecule has 2 N–H and O–H groups in total. The lowest BCUT2D eigenvalue weighted by Crippen LogP contribution is -2.51. The minimum absolute atomic E-state index is 0.139. The number of hydrogen-bond acceptors (Lipinski definition) is 3. The number of likely N-dealkylation sites (tertiary alicyclic amines) is 1. The third kappa shape index (κ3) is 3.16. The van der Waals surface area contributed by atoms with E-state index in [9.17, 15) is 0 Å². The maximum absolute atomic E-state index is 5.92. The van der Waals surface area contributed by atoms with Crippen LogP contribution in [0.3, 0.4) is 0 Å². The van der Waals surface area contributed by atoms with Crippen molar-refractivity contribution in [1.82, 2.24) is 4.90 Å². The van der Waals surface area contributed by atoms with Crippen LogP contribution < -0.4 is 5.73 Å². The molecule has 0 saturated carbocycles. The SMILES string of the molecule is CCC1CCN(C(C)(CN)CCOC)C1. The predicted molar refractivity (Wildman–Crippen MR) is 63.9 cm³/mol. The van der Waals surface area contributed by atoms with Gasteiger partial charge >= 0.3 is 0 Å². The summed E-state index contributed by atoms with van der Waals surface area (Å²) in [6.07, 6.45) is 3.66. The second kappa shape index (κ2) is 5.83. The number of methoxy groups -OCH3 is 1. The highest BCUT2D eigenvalue weighted by molar-refractivity contribution is 4.91. The van der Waals surface area contributed by atoms with Crippen molar-refractivity contribution in [1.29, 1.82) is 0 Å². The first-order valence-electron chi connectivity index (χ1n) is 6.10. The monoisotopic (exact) mass is 214 g/mol. The fraction of sp³-hybridized carbons (Fsp3) is 1.00. The standard InChI is InChI=1S/C12H26N2O/c1-4-11-5-7-14(9-11)12(2,10-13)6-8-15-3/h11H,4-10,13H2,1-3H3. The Labute approximate surface area is 94.0 Å². The van der Waals surface area contributed by atoms with Crippen molar-refractivity contribution in [3.8, 4) is 0 Å². The lowest BCUT2D eigenvalue weighted by Gasteiger charge is -2.38. The van der Waals surface area contributed by atoms with Crippen LogP contribution in [-0.2, 0) is 4.74 Å². The molecule has 3 heteroatoms. The molecule has 3 nitrogen and oxygen atoms in total. The molecule has 0 aliphatic carbocycles. The summed E-state index contributed by atoms with van der Waals surface area (Å²) in [6.45, 7) is 8.50. The fourth-order valence-corrected chi connectivity index (χ4v) is 2.37. The lowest BCUT2D eigenvalue weighted by molar-refractivity contribution is 0.0846. The molecule has 1 saturated heterocycles. The largest absolute Gasteiger partial charge is 0.385 e. The molecule has 0 bridgehead atoms. The molecule has 0 amide bonds. The van der Waals surface area contributed by atoms with E-state index in [1.165, 1.54) is 25.9 Å². The molecule has 1 fully saturated rings. The first-order chi connectivity index (χ1) is 7.16. The molecule has 0 aromatic carbocycles. The zero-order chi connectivity index (χ0) is 11.3. The van der Waals surface area contributed by atoms with Gasteiger partial charge in [-0.15, -0.1) is 0 Å². The summed E-state index contributed by atoms with van der Waals surface area (Å²) in [4.78, 5) is 2.56. The fourth-order valence-electron chi connectivity index (χ4n) is 2.37. The summed E-state index contributed by atoms with van der Waals surface area (Å²) in [5.74, 6) is 0.874. The highest BCUT2D eigenvalue weighted by Crippen LogP contribution is 2.28. The number of ether oxygens (including phenoxy) is 1. The zero-order valence-electron chi connectivity index (χ0n) is 10.5. The average Bonchev–Trinajstić information content (AvgIpc) is 2.75. The molecule has 1 aliphatic heterocycles. The molecule has 0 radical (unpaired) electrons. The second-order valence-corrected chi connectivity index (χ2v) is 4.95. The number of rotatable bonds is 6. The van der Waals surface area contributed by atoms with Gasteiger partial charge in [0.2, 0.25) is 0 Å². The Morgan fingerprint density at radius 3 is 2.73 bits per heavy atom. The third-order valence-corrected chi connectivity index (χ3v) is 3.91. The van der Waals surface area contributed by atoms with Gasteiger partial charge in [-0.2, -0.15) is 0 Å². The van der Waals surface area contributed by atoms with Crippen molar-refractivity contribution in [2.75, 3.05) is 33.4 Å². The highest BCUT2D eigenvalue weighted by Gasteiger charge is 2.34. The maximum Gasteiger partial charge on any atom is 0.0480 e. The van der Waals surface area contributed by atoms with E-state index >= 15 is 0 Å². The second-order valence-electron chi connectivity index (χ2n) is 4.95. The van der Waals surface area contributed by atoms with Crippen LogP contribution in [-0.4, -0.2) is 43.8 Å². The molecule has 1 aliphatic rings. The van der Waals surface area contributed by atoms with Gasteiger partial charge in [-0.1, -0.05) is 13.3 Å². The molecule has 2 atom stereocenters. The van der Waals surface area contributed by atoms with E-state index in [0.717, 1.165) is 25.5 Å². The smallest absolute Gasteiger partial charge is 0.0480 e. The first kappa shape index (κ1) is 12.9. The van der Waals surface area contributed by atoms with Gasteiger partial charge in [-0.25, -0.2) is 0 Å². The summed E-state index contributed by atoms with van der Waals surface area (Å²) in [5, 5.41) is 0. The van der Waals surface area contributed by atoms with Crippen LogP contribution in [0.25, 0.3) is 0 Å². The van der Waals surface area contributed by atoms with Crippen molar-refractivity contribution < 1.29 is 4.74 Å². The minimum atomic E-state index is 0.139. The van der Waals surface area contributed by atoms with Crippen LogP contribution in [0.4, 0.5) is 0 Å². The molecule has 15 heavy (non-hydrogen) atoms. The predicted octanol–water partition coefficient (Wildman–Crippen LogP) is 1.47. The van der Waals surface area contributed by atoms with E-state index in [1.54, 1.807) is 7.11 Å². The molecule has 0 aromatic rings. The van der Waals surface area contributed by atoms with Gasteiger partial charge in [0.05, 0.1) is 0 Å². The van der Waals surface area contributed by atoms with Gasteiger partial charge in [0.1, 0.15) is 0 Å². The van der Waals surface area contributed by atoms with Crippen LogP contribution in [0.15, 0.2) is 0 Å². The average molecular weight is 214 g/mol. The molecule has 2 unspecified atom stereocenters. The van der Waals surface area contributed by atoms with Gasteiger partial charge < -0.3 is 10.5 Å². The topological polar surface area (TPSA) is 38.5 Å². The molecular weight excluding hydrogens is 188 g/mol. The van der Waals surface area contributed by atoms with Crippen LogP contribution in [0.2, 0.25) is 0 Å². The van der Waals surface area contributed by atoms with E-state index < -0.39 is 0 Å². The van der Waals surface area contributed by atoms with E-state index in [1.807, 2.05) is 0 Å². The Morgan fingerprint density at radius 1 is 1.53 bits per heavy atom. The molecule has 0 spiro atoms. The van der Waals surface area contributed by atoms with Gasteiger partial charge in [0.25, 0.3) is 0 Å². The Balaban J connectivity index is 2.50. The Kier molecular flexibility index (Phi) is 5.03. The quantitative estimate of drug-likeness (QED) is 0.728. The van der Waals surface area contributed by atoms with Gasteiger partial charge in [0.15, 0.2) is 0 Å². The summed E-state index contributed by atoms with van der Waals surface area (Å²) in [6, 6.07) is 0. The lowest BCUT2D eigenvalue weighted by atomic mass is 9.96. The molecule has 0 aromatic heterocycles. The first-order valence-corrected chi connectivity index (χ1v) is 6.10. The number of nitrogens with zero attached hydrogens (tertiary/aromatic N) is 1. The van der Waals surface area contributed by atoms with Crippen LogP contribution in [0.1, 0.15) is 33.1 Å². The Morgan fingerprint density at radius 2 is 2.27 bits per heavy atom. The van der Waals surface area contributed by atoms with E-state index in [0.29, 0.717) is 0 Å². The highest BCUT2D eigenvalue weighted by atomic mass is 16.5. The van der Waals surface area contributed by atoms with Gasteiger partial charge in [-0.05, 0) is 32.2 Å². The number of nitrogens with two attached hydrogens (primary N) is 1. The normalized spacial score (nSPS) is 26.8. The van der Waals surface area contributed by atoms with Crippen molar-refractivity contribution in [3.63, 3.8) is 0 Å². The van der Waals surface area contributed by atoms with Crippen molar-refractivity contribution >= 4 is 0 Å². The van der Waals surface area contributed by atoms with E-state index in [4.69, 9.17) is 10.5 Å². The van der Waals surface area contributed by atoms with Gasteiger partial charge in [0, 0.05) is 32.3 Å². The van der Waals surface area contributed by atoms with Crippen molar-refractivity contribution in [3.05, 3.63) is 0 Å². The van der Waals surface area contributed by atoms with Crippen LogP contribution >= 0.6 is 0 Å². The molecular formula is C12H26N2O. The van der Waals surface area contributed by atoms with Crippen LogP contribution in [0, 0.1) is 5.92 Å². The van der Waals surface area contributed by atoms with Crippen molar-refractivity contribution in [2.24, 2.45) is 11.7 Å². The zero-order valence-corrected chi connectivity index (χ0v) is 10.5. The van der Waals surface area contributed by atoms with Crippen molar-refractivity contribution in [2.45, 2.75) is 38.6 Å². The molecule has 90 valence electrons. The van der Waals surface area contributed by atoms with Crippen LogP contribution in [0.5, 0.6) is 0 Å².